The molecule has 30 heavy (non-hydrogen) atoms. The van der Waals surface area contributed by atoms with E-state index in [1.54, 1.807) is 7.11 Å². The summed E-state index contributed by atoms with van der Waals surface area (Å²) in [5.41, 5.74) is 2.53. The van der Waals surface area contributed by atoms with E-state index in [4.69, 9.17) is 4.74 Å². The number of methoxy groups -OCH3 is 1. The lowest BCUT2D eigenvalue weighted by molar-refractivity contribution is -0.132. The van der Waals surface area contributed by atoms with Gasteiger partial charge in [-0.3, -0.25) is 9.59 Å². The number of likely N-dealkylation sites (tertiary alicyclic amines) is 1. The summed E-state index contributed by atoms with van der Waals surface area (Å²) >= 11 is 1.39. The van der Waals surface area contributed by atoms with Crippen LogP contribution in [0.15, 0.2) is 53.7 Å². The van der Waals surface area contributed by atoms with Crippen LogP contribution in [0.4, 0.5) is 5.69 Å². The second-order valence-corrected chi connectivity index (χ2v) is 8.19. The molecule has 1 fully saturated rings. The lowest BCUT2D eigenvalue weighted by atomic mass is 9.96. The van der Waals surface area contributed by atoms with E-state index in [2.05, 4.69) is 15.3 Å². The third-order valence-electron chi connectivity index (χ3n) is 5.26. The second kappa shape index (κ2) is 9.21. The number of nitrogens with zero attached hydrogens (tertiary/aromatic N) is 2. The largest absolute Gasteiger partial charge is 0.497 e. The predicted octanol–water partition coefficient (Wildman–Crippen LogP) is 3.54. The number of H-pyrrole nitrogens is 1. The van der Waals surface area contributed by atoms with Crippen LogP contribution in [0, 0.1) is 5.92 Å². The monoisotopic (exact) mass is 424 g/mol. The van der Waals surface area contributed by atoms with Crippen molar-refractivity contribution in [1.82, 2.24) is 14.9 Å². The molecule has 0 spiro atoms. The topological polar surface area (TPSA) is 87.3 Å². The van der Waals surface area contributed by atoms with Crippen molar-refractivity contribution >= 4 is 40.3 Å². The molecule has 0 unspecified atom stereocenters. The zero-order chi connectivity index (χ0) is 20.9. The number of aromatic nitrogens is 2. The van der Waals surface area contributed by atoms with Crippen LogP contribution >= 0.6 is 11.8 Å². The number of anilines is 1. The molecule has 0 atom stereocenters. The number of aromatic amines is 1. The first-order chi connectivity index (χ1) is 14.6. The molecule has 0 aliphatic carbocycles. The molecule has 2 N–H and O–H groups in total. The molecular weight excluding hydrogens is 400 g/mol. The van der Waals surface area contributed by atoms with Gasteiger partial charge in [-0.1, -0.05) is 30.0 Å². The normalized spacial score (nSPS) is 14.6. The second-order valence-electron chi connectivity index (χ2n) is 7.22. The number of amides is 2. The average molecular weight is 425 g/mol. The van der Waals surface area contributed by atoms with E-state index in [0.717, 1.165) is 22.5 Å². The summed E-state index contributed by atoms with van der Waals surface area (Å²) in [6.07, 6.45) is 1.36. The Morgan fingerprint density at radius 2 is 1.97 bits per heavy atom. The van der Waals surface area contributed by atoms with Crippen LogP contribution < -0.4 is 10.1 Å². The van der Waals surface area contributed by atoms with E-state index >= 15 is 0 Å². The van der Waals surface area contributed by atoms with Gasteiger partial charge in [0.25, 0.3) is 0 Å². The number of para-hydroxylation sites is 1. The summed E-state index contributed by atoms with van der Waals surface area (Å²) in [5.74, 6) is 1.11. The predicted molar refractivity (Wildman–Crippen MR) is 118 cm³/mol. The van der Waals surface area contributed by atoms with Gasteiger partial charge in [0.15, 0.2) is 5.16 Å². The standard InChI is InChI=1S/C22H24N4O3S/c1-29-17-7-8-18-19(13-17)25-22(24-18)30-14-20(27)26-11-9-15(10-12-26)21(28)23-16-5-3-2-4-6-16/h2-8,13,15H,9-12,14H2,1H3,(H,23,28)(H,24,25). The number of piperidine rings is 1. The van der Waals surface area contributed by atoms with Gasteiger partial charge in [-0.2, -0.15) is 0 Å². The van der Waals surface area contributed by atoms with Crippen molar-refractivity contribution in [2.75, 3.05) is 31.3 Å². The molecule has 7 nitrogen and oxygen atoms in total. The van der Waals surface area contributed by atoms with Crippen LogP contribution in [0.1, 0.15) is 12.8 Å². The van der Waals surface area contributed by atoms with E-state index in [1.807, 2.05) is 53.4 Å². The number of thioether (sulfide) groups is 1. The fourth-order valence-corrected chi connectivity index (χ4v) is 4.33. The zero-order valence-corrected chi connectivity index (χ0v) is 17.6. The summed E-state index contributed by atoms with van der Waals surface area (Å²) < 4.78 is 5.22. The van der Waals surface area contributed by atoms with Crippen LogP contribution in [-0.4, -0.2) is 52.6 Å². The maximum absolute atomic E-state index is 12.6. The molecule has 2 aromatic carbocycles. The SMILES string of the molecule is COc1ccc2nc(SCC(=O)N3CCC(C(=O)Nc4ccccc4)CC3)[nH]c2c1. The lowest BCUT2D eigenvalue weighted by Crippen LogP contribution is -2.42. The Kier molecular flexibility index (Phi) is 6.23. The van der Waals surface area contributed by atoms with E-state index in [0.29, 0.717) is 36.8 Å². The summed E-state index contributed by atoms with van der Waals surface area (Å²) in [4.78, 5) is 34.6. The number of fused-ring (bicyclic) bond motifs is 1. The van der Waals surface area contributed by atoms with Crippen molar-refractivity contribution in [2.24, 2.45) is 5.92 Å². The summed E-state index contributed by atoms with van der Waals surface area (Å²) in [7, 11) is 1.63. The molecule has 0 radical (unpaired) electrons. The summed E-state index contributed by atoms with van der Waals surface area (Å²) in [5, 5.41) is 3.67. The Hall–Kier alpha value is -3.00. The number of rotatable bonds is 6. The van der Waals surface area contributed by atoms with E-state index < -0.39 is 0 Å². The molecular formula is C22H24N4O3S. The van der Waals surface area contributed by atoms with Gasteiger partial charge in [0.05, 0.1) is 23.9 Å². The van der Waals surface area contributed by atoms with Crippen molar-refractivity contribution in [3.8, 4) is 5.75 Å². The van der Waals surface area contributed by atoms with Crippen molar-refractivity contribution in [3.63, 3.8) is 0 Å². The van der Waals surface area contributed by atoms with Gasteiger partial charge in [0.1, 0.15) is 5.75 Å². The number of imidazole rings is 1. The highest BCUT2D eigenvalue weighted by Gasteiger charge is 2.27. The van der Waals surface area contributed by atoms with Gasteiger partial charge >= 0.3 is 0 Å². The maximum atomic E-state index is 12.6. The first-order valence-corrected chi connectivity index (χ1v) is 10.9. The molecule has 156 valence electrons. The number of carbonyl (C=O) groups excluding carboxylic acids is 2. The Morgan fingerprint density at radius 3 is 2.70 bits per heavy atom. The fourth-order valence-electron chi connectivity index (χ4n) is 3.54. The Morgan fingerprint density at radius 1 is 1.20 bits per heavy atom. The Labute approximate surface area is 179 Å². The molecule has 1 aliphatic rings. The number of hydrogen-bond acceptors (Lipinski definition) is 5. The molecule has 1 saturated heterocycles. The van der Waals surface area contributed by atoms with Crippen LogP contribution in [0.2, 0.25) is 0 Å². The first-order valence-electron chi connectivity index (χ1n) is 9.92. The van der Waals surface area contributed by atoms with Crippen molar-refractivity contribution in [3.05, 3.63) is 48.5 Å². The minimum atomic E-state index is -0.0627. The zero-order valence-electron chi connectivity index (χ0n) is 16.8. The lowest BCUT2D eigenvalue weighted by Gasteiger charge is -2.31. The maximum Gasteiger partial charge on any atom is 0.233 e. The van der Waals surface area contributed by atoms with Crippen molar-refractivity contribution < 1.29 is 14.3 Å². The quantitative estimate of drug-likeness (QED) is 0.591. The third-order valence-corrected chi connectivity index (χ3v) is 6.12. The minimum absolute atomic E-state index is 0.0281. The molecule has 8 heteroatoms. The Bertz CT molecular complexity index is 1030. The molecule has 0 bridgehead atoms. The number of carbonyl (C=O) groups is 2. The van der Waals surface area contributed by atoms with Gasteiger partial charge in [-0.25, -0.2) is 4.98 Å². The highest BCUT2D eigenvalue weighted by molar-refractivity contribution is 7.99. The first kappa shape index (κ1) is 20.3. The fraction of sp³-hybridized carbons (Fsp3) is 0.318. The smallest absolute Gasteiger partial charge is 0.233 e. The molecule has 2 amide bonds. The number of hydrogen-bond donors (Lipinski definition) is 2. The Balaban J connectivity index is 1.26. The van der Waals surface area contributed by atoms with Gasteiger partial charge in [-0.05, 0) is 37.1 Å². The van der Waals surface area contributed by atoms with E-state index in [-0.39, 0.29) is 17.7 Å². The number of ether oxygens (including phenoxy) is 1. The summed E-state index contributed by atoms with van der Waals surface area (Å²) in [6, 6.07) is 15.1. The minimum Gasteiger partial charge on any atom is -0.497 e. The summed E-state index contributed by atoms with van der Waals surface area (Å²) in [6.45, 7) is 1.20. The van der Waals surface area contributed by atoms with E-state index in [1.165, 1.54) is 11.8 Å². The molecule has 2 heterocycles. The van der Waals surface area contributed by atoms with Crippen LogP contribution in [-0.2, 0) is 9.59 Å². The van der Waals surface area contributed by atoms with E-state index in [9.17, 15) is 9.59 Å². The van der Waals surface area contributed by atoms with Crippen LogP contribution in [0.5, 0.6) is 5.75 Å². The van der Waals surface area contributed by atoms with Crippen molar-refractivity contribution in [1.29, 1.82) is 0 Å². The van der Waals surface area contributed by atoms with Crippen molar-refractivity contribution in [2.45, 2.75) is 18.0 Å². The van der Waals surface area contributed by atoms with Gasteiger partial charge < -0.3 is 19.9 Å². The molecule has 4 rings (SSSR count). The average Bonchev–Trinajstić information content (AvgIpc) is 3.20. The molecule has 3 aromatic rings. The molecule has 1 aliphatic heterocycles. The highest BCUT2D eigenvalue weighted by Crippen LogP contribution is 2.24. The highest BCUT2D eigenvalue weighted by atomic mass is 32.2. The molecule has 1 aromatic heterocycles. The number of benzene rings is 2. The van der Waals surface area contributed by atoms with Crippen LogP contribution in [0.25, 0.3) is 11.0 Å². The van der Waals surface area contributed by atoms with Gasteiger partial charge in [0, 0.05) is 30.8 Å². The number of nitrogens with one attached hydrogen (secondary N) is 2. The molecule has 0 saturated carbocycles. The van der Waals surface area contributed by atoms with Crippen LogP contribution in [0.3, 0.4) is 0 Å². The van der Waals surface area contributed by atoms with Gasteiger partial charge in [0.2, 0.25) is 11.8 Å². The van der Waals surface area contributed by atoms with Gasteiger partial charge in [-0.15, -0.1) is 0 Å². The third kappa shape index (κ3) is 4.76.